The van der Waals surface area contributed by atoms with Gasteiger partial charge >= 0.3 is 0 Å². The Bertz CT molecular complexity index is 590. The summed E-state index contributed by atoms with van der Waals surface area (Å²) in [6.45, 7) is 3.20. The van der Waals surface area contributed by atoms with Gasteiger partial charge in [0.2, 0.25) is 0 Å². The predicted octanol–water partition coefficient (Wildman–Crippen LogP) is 3.28. The number of halogens is 1. The normalized spacial score (nSPS) is 10.4. The van der Waals surface area contributed by atoms with Crippen LogP contribution in [-0.2, 0) is 6.54 Å². The Kier molecular flexibility index (Phi) is 4.63. The van der Waals surface area contributed by atoms with E-state index in [0.29, 0.717) is 18.2 Å². The van der Waals surface area contributed by atoms with Gasteiger partial charge < -0.3 is 9.30 Å². The van der Waals surface area contributed by atoms with Gasteiger partial charge in [-0.25, -0.2) is 0 Å². The molecule has 4 heteroatoms. The van der Waals surface area contributed by atoms with E-state index >= 15 is 0 Å². The van der Waals surface area contributed by atoms with Crippen molar-refractivity contribution in [3.63, 3.8) is 0 Å². The molecule has 0 aliphatic rings. The van der Waals surface area contributed by atoms with Gasteiger partial charge in [0, 0.05) is 23.8 Å². The van der Waals surface area contributed by atoms with Crippen LogP contribution in [0, 0.1) is 6.92 Å². The van der Waals surface area contributed by atoms with Gasteiger partial charge in [-0.3, -0.25) is 4.79 Å². The van der Waals surface area contributed by atoms with Crippen LogP contribution >= 0.6 is 11.6 Å². The smallest absolute Gasteiger partial charge is 0.250 e. The third-order valence-corrected chi connectivity index (χ3v) is 3.01. The predicted molar refractivity (Wildman–Crippen MR) is 77.0 cm³/mol. The summed E-state index contributed by atoms with van der Waals surface area (Å²) in [5.74, 6) is 0.793. The molecule has 19 heavy (non-hydrogen) atoms. The molecule has 1 heterocycles. The number of benzene rings is 1. The van der Waals surface area contributed by atoms with Crippen molar-refractivity contribution < 1.29 is 4.74 Å². The zero-order chi connectivity index (χ0) is 13.7. The number of aryl methyl sites for hydroxylation is 2. The van der Waals surface area contributed by atoms with E-state index in [9.17, 15) is 4.79 Å². The summed E-state index contributed by atoms with van der Waals surface area (Å²) in [6, 6.07) is 10.7. The summed E-state index contributed by atoms with van der Waals surface area (Å²) in [6.07, 6.45) is 2.65. The van der Waals surface area contributed by atoms with E-state index in [4.69, 9.17) is 16.3 Å². The maximum atomic E-state index is 11.6. The van der Waals surface area contributed by atoms with Crippen molar-refractivity contribution in [2.24, 2.45) is 0 Å². The average Bonchev–Trinajstić information content (AvgIpc) is 2.40. The standard InChI is InChI=1S/C15H16ClNO2/c1-12-3-8-15(18)17(11-12)9-2-10-19-14-6-4-13(16)5-7-14/h3-8,11H,2,9-10H2,1H3. The second-order valence-corrected chi connectivity index (χ2v) is 4.83. The van der Waals surface area contributed by atoms with Gasteiger partial charge in [-0.1, -0.05) is 17.7 Å². The van der Waals surface area contributed by atoms with Crippen molar-refractivity contribution in [1.29, 1.82) is 0 Å². The Balaban J connectivity index is 1.82. The summed E-state index contributed by atoms with van der Waals surface area (Å²) in [7, 11) is 0. The average molecular weight is 278 g/mol. The Labute approximate surface area is 117 Å². The van der Waals surface area contributed by atoms with Crippen molar-refractivity contribution in [1.82, 2.24) is 4.57 Å². The third kappa shape index (κ3) is 4.14. The zero-order valence-corrected chi connectivity index (χ0v) is 11.6. The minimum absolute atomic E-state index is 0.0251. The molecule has 1 aromatic carbocycles. The van der Waals surface area contributed by atoms with E-state index in [1.54, 1.807) is 22.8 Å². The van der Waals surface area contributed by atoms with Crippen LogP contribution in [0.4, 0.5) is 0 Å². The van der Waals surface area contributed by atoms with Crippen LogP contribution in [0.3, 0.4) is 0 Å². The van der Waals surface area contributed by atoms with E-state index in [-0.39, 0.29) is 5.56 Å². The van der Waals surface area contributed by atoms with E-state index in [1.807, 2.05) is 31.3 Å². The number of aromatic nitrogens is 1. The first-order valence-electron chi connectivity index (χ1n) is 6.20. The van der Waals surface area contributed by atoms with E-state index in [2.05, 4.69) is 0 Å². The van der Waals surface area contributed by atoms with Crippen molar-refractivity contribution in [3.8, 4) is 5.75 Å². The Hall–Kier alpha value is -1.74. The molecule has 3 nitrogen and oxygen atoms in total. The minimum atomic E-state index is 0.0251. The van der Waals surface area contributed by atoms with Crippen LogP contribution in [0.5, 0.6) is 5.75 Å². The highest BCUT2D eigenvalue weighted by molar-refractivity contribution is 6.30. The van der Waals surface area contributed by atoms with Crippen LogP contribution in [0.1, 0.15) is 12.0 Å². The Morgan fingerprint density at radius 1 is 1.16 bits per heavy atom. The molecule has 0 saturated heterocycles. The Morgan fingerprint density at radius 2 is 1.89 bits per heavy atom. The molecule has 0 unspecified atom stereocenters. The molecular formula is C15H16ClNO2. The summed E-state index contributed by atoms with van der Waals surface area (Å²) in [4.78, 5) is 11.6. The minimum Gasteiger partial charge on any atom is -0.494 e. The molecule has 0 N–H and O–H groups in total. The van der Waals surface area contributed by atoms with Crippen LogP contribution < -0.4 is 10.3 Å². The molecule has 1 aromatic heterocycles. The quantitative estimate of drug-likeness (QED) is 0.786. The van der Waals surface area contributed by atoms with Crippen LogP contribution in [-0.4, -0.2) is 11.2 Å². The van der Waals surface area contributed by atoms with Gasteiger partial charge in [0.15, 0.2) is 0 Å². The van der Waals surface area contributed by atoms with Gasteiger partial charge in [0.1, 0.15) is 5.75 Å². The van der Waals surface area contributed by atoms with E-state index < -0.39 is 0 Å². The molecule has 0 aliphatic heterocycles. The van der Waals surface area contributed by atoms with Crippen molar-refractivity contribution in [2.45, 2.75) is 19.9 Å². The number of rotatable bonds is 5. The highest BCUT2D eigenvalue weighted by atomic mass is 35.5. The largest absolute Gasteiger partial charge is 0.494 e. The molecule has 0 saturated carbocycles. The second kappa shape index (κ2) is 6.43. The Morgan fingerprint density at radius 3 is 2.63 bits per heavy atom. The molecule has 0 fully saturated rings. The first-order chi connectivity index (χ1) is 9.15. The molecule has 2 aromatic rings. The van der Waals surface area contributed by atoms with Crippen molar-refractivity contribution in [3.05, 3.63) is 63.5 Å². The second-order valence-electron chi connectivity index (χ2n) is 4.39. The topological polar surface area (TPSA) is 31.2 Å². The van der Waals surface area contributed by atoms with Gasteiger partial charge in [0.05, 0.1) is 6.61 Å². The van der Waals surface area contributed by atoms with Gasteiger partial charge in [-0.2, -0.15) is 0 Å². The molecule has 0 radical (unpaired) electrons. The fourth-order valence-electron chi connectivity index (χ4n) is 1.78. The van der Waals surface area contributed by atoms with Crippen LogP contribution in [0.15, 0.2) is 47.4 Å². The van der Waals surface area contributed by atoms with Gasteiger partial charge in [-0.15, -0.1) is 0 Å². The van der Waals surface area contributed by atoms with Crippen LogP contribution in [0.2, 0.25) is 5.02 Å². The number of hydrogen-bond donors (Lipinski definition) is 0. The number of hydrogen-bond acceptors (Lipinski definition) is 2. The fourth-order valence-corrected chi connectivity index (χ4v) is 1.91. The monoisotopic (exact) mass is 277 g/mol. The number of pyridine rings is 1. The van der Waals surface area contributed by atoms with Crippen LogP contribution in [0.25, 0.3) is 0 Å². The maximum Gasteiger partial charge on any atom is 0.250 e. The lowest BCUT2D eigenvalue weighted by Crippen LogP contribution is -2.19. The highest BCUT2D eigenvalue weighted by Crippen LogP contribution is 2.15. The maximum absolute atomic E-state index is 11.6. The lowest BCUT2D eigenvalue weighted by molar-refractivity contribution is 0.301. The van der Waals surface area contributed by atoms with Crippen molar-refractivity contribution in [2.75, 3.05) is 6.61 Å². The highest BCUT2D eigenvalue weighted by Gasteiger charge is 1.97. The summed E-state index contributed by atoms with van der Waals surface area (Å²) < 4.78 is 7.29. The van der Waals surface area contributed by atoms with Crippen molar-refractivity contribution >= 4 is 11.6 Å². The molecule has 0 aliphatic carbocycles. The first-order valence-corrected chi connectivity index (χ1v) is 6.58. The molecule has 0 bridgehead atoms. The molecule has 0 amide bonds. The SMILES string of the molecule is Cc1ccc(=O)n(CCCOc2ccc(Cl)cc2)c1. The third-order valence-electron chi connectivity index (χ3n) is 2.76. The van der Waals surface area contributed by atoms with E-state index in [1.165, 1.54) is 0 Å². The van der Waals surface area contributed by atoms with Gasteiger partial charge in [-0.05, 0) is 43.2 Å². The number of nitrogens with zero attached hydrogens (tertiary/aromatic N) is 1. The molecule has 100 valence electrons. The molecular weight excluding hydrogens is 262 g/mol. The van der Waals surface area contributed by atoms with Gasteiger partial charge in [0.25, 0.3) is 5.56 Å². The number of ether oxygens (including phenoxy) is 1. The molecule has 0 atom stereocenters. The lowest BCUT2D eigenvalue weighted by Gasteiger charge is -2.08. The molecule has 2 rings (SSSR count). The first kappa shape index (κ1) is 13.7. The summed E-state index contributed by atoms with van der Waals surface area (Å²) >= 11 is 5.79. The lowest BCUT2D eigenvalue weighted by atomic mass is 10.3. The summed E-state index contributed by atoms with van der Waals surface area (Å²) in [5, 5.41) is 0.693. The molecule has 0 spiro atoms. The van der Waals surface area contributed by atoms with E-state index in [0.717, 1.165) is 17.7 Å². The zero-order valence-electron chi connectivity index (χ0n) is 10.8. The fraction of sp³-hybridized carbons (Fsp3) is 0.267. The summed E-state index contributed by atoms with van der Waals surface area (Å²) in [5.41, 5.74) is 1.11.